The molecule has 0 radical (unpaired) electrons. The van der Waals surface area contributed by atoms with Crippen molar-refractivity contribution in [2.45, 2.75) is 6.54 Å². The second-order valence-electron chi connectivity index (χ2n) is 4.83. The van der Waals surface area contributed by atoms with Crippen LogP contribution in [-0.4, -0.2) is 13.0 Å². The fraction of sp³-hybridized carbons (Fsp3) is 0.111. The van der Waals surface area contributed by atoms with Crippen molar-refractivity contribution in [3.63, 3.8) is 0 Å². The van der Waals surface area contributed by atoms with Gasteiger partial charge in [-0.2, -0.15) is 5.26 Å². The minimum absolute atomic E-state index is 0.0372. The first-order chi connectivity index (χ1) is 11.6. The van der Waals surface area contributed by atoms with Gasteiger partial charge in [0.2, 0.25) is 0 Å². The Bertz CT molecular complexity index is 797. The number of ether oxygens (including phenoxy) is 1. The van der Waals surface area contributed by atoms with Crippen LogP contribution in [0.25, 0.3) is 0 Å². The van der Waals surface area contributed by atoms with E-state index in [1.807, 2.05) is 30.3 Å². The fourth-order valence-electron chi connectivity index (χ4n) is 2.03. The molecule has 0 bridgehead atoms. The molecular weight excluding hydrogens is 326 g/mol. The Balaban J connectivity index is 2.01. The number of hydrogen-bond donors (Lipinski definition) is 2. The molecule has 122 valence electrons. The van der Waals surface area contributed by atoms with Gasteiger partial charge in [-0.05, 0) is 24.3 Å². The highest BCUT2D eigenvalue weighted by Crippen LogP contribution is 2.17. The summed E-state index contributed by atoms with van der Waals surface area (Å²) in [6.45, 7) is 0.430. The minimum atomic E-state index is -0.507. The number of carbonyl (C=O) groups excluding carboxylic acids is 1. The number of anilines is 1. The van der Waals surface area contributed by atoms with Crippen LogP contribution in [0.2, 0.25) is 5.02 Å². The number of para-hydroxylation sites is 1. The van der Waals surface area contributed by atoms with E-state index in [2.05, 4.69) is 10.6 Å². The molecule has 0 atom stereocenters. The standard InChI is InChI=1S/C18H16ClN3O2/c1-24-17-8-3-2-5-13(17)11-21-12-14(10-20)18(23)22-16-7-4-6-15(19)9-16/h2-9,12,21H,11H2,1H3,(H,22,23)/b14-12-. The monoisotopic (exact) mass is 341 g/mol. The van der Waals surface area contributed by atoms with E-state index in [0.29, 0.717) is 17.3 Å². The zero-order valence-corrected chi connectivity index (χ0v) is 13.8. The van der Waals surface area contributed by atoms with E-state index in [1.165, 1.54) is 6.20 Å². The van der Waals surface area contributed by atoms with E-state index >= 15 is 0 Å². The van der Waals surface area contributed by atoms with E-state index in [-0.39, 0.29) is 5.57 Å². The number of amides is 1. The zero-order valence-electron chi connectivity index (χ0n) is 13.0. The third-order valence-electron chi connectivity index (χ3n) is 3.18. The summed E-state index contributed by atoms with van der Waals surface area (Å²) in [4.78, 5) is 12.1. The first kappa shape index (κ1) is 17.4. The van der Waals surface area contributed by atoms with Gasteiger partial charge in [-0.25, -0.2) is 0 Å². The van der Waals surface area contributed by atoms with Crippen LogP contribution in [-0.2, 0) is 11.3 Å². The van der Waals surface area contributed by atoms with Crippen molar-refractivity contribution >= 4 is 23.2 Å². The zero-order chi connectivity index (χ0) is 17.4. The van der Waals surface area contributed by atoms with Crippen molar-refractivity contribution in [2.24, 2.45) is 0 Å². The maximum absolute atomic E-state index is 12.1. The van der Waals surface area contributed by atoms with E-state index in [4.69, 9.17) is 21.6 Å². The lowest BCUT2D eigenvalue weighted by molar-refractivity contribution is -0.112. The topological polar surface area (TPSA) is 74.1 Å². The van der Waals surface area contributed by atoms with Gasteiger partial charge in [0.25, 0.3) is 5.91 Å². The quantitative estimate of drug-likeness (QED) is 0.623. The molecule has 2 rings (SSSR count). The number of nitriles is 1. The highest BCUT2D eigenvalue weighted by molar-refractivity contribution is 6.31. The molecule has 0 fully saturated rings. The third-order valence-corrected chi connectivity index (χ3v) is 3.41. The van der Waals surface area contributed by atoms with Gasteiger partial charge in [0.1, 0.15) is 17.4 Å². The largest absolute Gasteiger partial charge is 0.496 e. The van der Waals surface area contributed by atoms with Gasteiger partial charge in [0, 0.05) is 29.0 Å². The highest BCUT2D eigenvalue weighted by Gasteiger charge is 2.09. The van der Waals surface area contributed by atoms with Crippen molar-refractivity contribution in [2.75, 3.05) is 12.4 Å². The van der Waals surface area contributed by atoms with Crippen molar-refractivity contribution in [1.29, 1.82) is 5.26 Å². The summed E-state index contributed by atoms with van der Waals surface area (Å²) in [5.41, 5.74) is 1.41. The molecule has 2 N–H and O–H groups in total. The van der Waals surface area contributed by atoms with Crippen LogP contribution in [0, 0.1) is 11.3 Å². The predicted molar refractivity (Wildman–Crippen MR) is 93.6 cm³/mol. The molecule has 0 aliphatic carbocycles. The van der Waals surface area contributed by atoms with Crippen molar-refractivity contribution in [3.05, 3.63) is 70.9 Å². The van der Waals surface area contributed by atoms with Gasteiger partial charge in [0.05, 0.1) is 7.11 Å². The lowest BCUT2D eigenvalue weighted by Crippen LogP contribution is -2.16. The maximum atomic E-state index is 12.1. The van der Waals surface area contributed by atoms with Crippen LogP contribution >= 0.6 is 11.6 Å². The first-order valence-corrected chi connectivity index (χ1v) is 7.54. The SMILES string of the molecule is COc1ccccc1CN/C=C(/C#N)C(=O)Nc1cccc(Cl)c1. The summed E-state index contributed by atoms with van der Waals surface area (Å²) in [5.74, 6) is 0.229. The van der Waals surface area contributed by atoms with Gasteiger partial charge in [-0.1, -0.05) is 35.9 Å². The van der Waals surface area contributed by atoms with Gasteiger partial charge in [-0.3, -0.25) is 4.79 Å². The van der Waals surface area contributed by atoms with Gasteiger partial charge < -0.3 is 15.4 Å². The molecule has 0 aromatic heterocycles. The molecule has 1 amide bonds. The Labute approximate surface area is 145 Å². The van der Waals surface area contributed by atoms with Crippen LogP contribution in [0.15, 0.2) is 60.3 Å². The van der Waals surface area contributed by atoms with E-state index in [0.717, 1.165) is 11.3 Å². The second kappa shape index (κ2) is 8.61. The number of halogens is 1. The normalized spacial score (nSPS) is 10.6. The molecule has 0 aliphatic rings. The van der Waals surface area contributed by atoms with Crippen molar-refractivity contribution in [1.82, 2.24) is 5.32 Å². The number of rotatable bonds is 6. The van der Waals surface area contributed by atoms with Crippen LogP contribution in [0.1, 0.15) is 5.56 Å². The van der Waals surface area contributed by atoms with Crippen molar-refractivity contribution in [3.8, 4) is 11.8 Å². The first-order valence-electron chi connectivity index (χ1n) is 7.16. The van der Waals surface area contributed by atoms with Crippen LogP contribution in [0.4, 0.5) is 5.69 Å². The number of hydrogen-bond acceptors (Lipinski definition) is 4. The molecular formula is C18H16ClN3O2. The number of carbonyl (C=O) groups is 1. The molecule has 24 heavy (non-hydrogen) atoms. The number of benzene rings is 2. The van der Waals surface area contributed by atoms with Gasteiger partial charge in [0.15, 0.2) is 0 Å². The van der Waals surface area contributed by atoms with Crippen LogP contribution in [0.5, 0.6) is 5.75 Å². The summed E-state index contributed by atoms with van der Waals surface area (Å²) in [5, 5.41) is 15.2. The number of nitrogens with one attached hydrogen (secondary N) is 2. The predicted octanol–water partition coefficient (Wildman–Crippen LogP) is 3.48. The highest BCUT2D eigenvalue weighted by atomic mass is 35.5. The molecule has 0 heterocycles. The summed E-state index contributed by atoms with van der Waals surface area (Å²) in [6.07, 6.45) is 1.38. The molecule has 0 spiro atoms. The molecule has 2 aromatic rings. The van der Waals surface area contributed by atoms with Crippen LogP contribution < -0.4 is 15.4 Å². The smallest absolute Gasteiger partial charge is 0.267 e. The molecule has 0 aliphatic heterocycles. The van der Waals surface area contributed by atoms with E-state index in [1.54, 1.807) is 31.4 Å². The maximum Gasteiger partial charge on any atom is 0.267 e. The molecule has 6 heteroatoms. The van der Waals surface area contributed by atoms with Crippen LogP contribution in [0.3, 0.4) is 0 Å². The fourth-order valence-corrected chi connectivity index (χ4v) is 2.22. The number of nitrogens with zero attached hydrogens (tertiary/aromatic N) is 1. The molecule has 5 nitrogen and oxygen atoms in total. The lowest BCUT2D eigenvalue weighted by atomic mass is 10.2. The Morgan fingerprint density at radius 2 is 2.08 bits per heavy atom. The van der Waals surface area contributed by atoms with E-state index in [9.17, 15) is 4.79 Å². The Morgan fingerprint density at radius 3 is 2.79 bits per heavy atom. The molecule has 0 unspecified atom stereocenters. The second-order valence-corrected chi connectivity index (χ2v) is 5.26. The minimum Gasteiger partial charge on any atom is -0.496 e. The molecule has 2 aromatic carbocycles. The van der Waals surface area contributed by atoms with E-state index < -0.39 is 5.91 Å². The summed E-state index contributed by atoms with van der Waals surface area (Å²) in [7, 11) is 1.59. The third kappa shape index (κ3) is 4.77. The summed E-state index contributed by atoms with van der Waals surface area (Å²) in [6, 6.07) is 16.1. The Morgan fingerprint density at radius 1 is 1.29 bits per heavy atom. The summed E-state index contributed by atoms with van der Waals surface area (Å²) >= 11 is 5.87. The van der Waals surface area contributed by atoms with Crippen molar-refractivity contribution < 1.29 is 9.53 Å². The molecule has 0 saturated carbocycles. The Kier molecular flexibility index (Phi) is 6.23. The summed E-state index contributed by atoms with van der Waals surface area (Å²) < 4.78 is 5.25. The Hall–Kier alpha value is -2.97. The lowest BCUT2D eigenvalue weighted by Gasteiger charge is -2.08. The average molecular weight is 342 g/mol. The van der Waals surface area contributed by atoms with Gasteiger partial charge >= 0.3 is 0 Å². The average Bonchev–Trinajstić information content (AvgIpc) is 2.59. The number of methoxy groups -OCH3 is 1. The molecule has 0 saturated heterocycles. The van der Waals surface area contributed by atoms with Gasteiger partial charge in [-0.15, -0.1) is 0 Å².